The molecule has 3 N–H and O–H groups in total. The Kier molecular flexibility index (Phi) is 4.09. The van der Waals surface area contributed by atoms with Crippen molar-refractivity contribution in [3.05, 3.63) is 0 Å². The molecular weight excluding hydrogens is 256 g/mol. The average Bonchev–Trinajstić information content (AvgIpc) is 2.77. The minimum absolute atomic E-state index is 0.121. The van der Waals surface area contributed by atoms with E-state index >= 15 is 0 Å². The Labute approximate surface area is 109 Å². The fourth-order valence-electron chi connectivity index (χ4n) is 2.03. The number of hydrogen-bond acceptors (Lipinski definition) is 8. The number of nitrogens with one attached hydrogen (secondary N) is 1. The molecule has 1 fully saturated rings. The summed E-state index contributed by atoms with van der Waals surface area (Å²) in [6.07, 6.45) is -2.77. The first-order chi connectivity index (χ1) is 8.58. The van der Waals surface area contributed by atoms with Crippen molar-refractivity contribution >= 4 is 16.9 Å². The Hall–Kier alpha value is -0.850. The van der Waals surface area contributed by atoms with E-state index in [0.717, 1.165) is 0 Å². The van der Waals surface area contributed by atoms with Gasteiger partial charge in [-0.2, -0.15) is 5.26 Å². The first-order valence-corrected chi connectivity index (χ1v) is 6.47. The lowest BCUT2D eigenvalue weighted by Gasteiger charge is -2.41. The van der Waals surface area contributed by atoms with Crippen molar-refractivity contribution in [3.8, 4) is 6.07 Å². The molecule has 0 spiro atoms. The molecule has 0 aliphatic carbocycles. The Bertz CT molecular complexity index is 386. The van der Waals surface area contributed by atoms with E-state index in [1.807, 2.05) is 6.07 Å². The van der Waals surface area contributed by atoms with Crippen LogP contribution in [0.25, 0.3) is 0 Å². The summed E-state index contributed by atoms with van der Waals surface area (Å²) in [5.41, 5.74) is -0.336. The third-order valence-corrected chi connectivity index (χ3v) is 4.16. The zero-order valence-corrected chi connectivity index (χ0v) is 11.0. The van der Waals surface area contributed by atoms with Gasteiger partial charge in [0.15, 0.2) is 5.17 Å². The zero-order chi connectivity index (χ0) is 13.3. The van der Waals surface area contributed by atoms with Crippen molar-refractivity contribution < 1.29 is 14.9 Å². The monoisotopic (exact) mass is 272 g/mol. The molecule has 2 aliphatic rings. The van der Waals surface area contributed by atoms with Crippen LogP contribution in [0.5, 0.6) is 0 Å². The molecule has 18 heavy (non-hydrogen) atoms. The van der Waals surface area contributed by atoms with E-state index in [4.69, 9.17) is 10.00 Å². The molecule has 8 heteroatoms. The summed E-state index contributed by atoms with van der Waals surface area (Å²) in [6.45, 7) is 0.121. The molecule has 100 valence electrons. The Balaban J connectivity index is 2.11. The van der Waals surface area contributed by atoms with Gasteiger partial charge in [0.25, 0.3) is 0 Å². The summed E-state index contributed by atoms with van der Waals surface area (Å²) in [5, 5.41) is 32.3. The maximum Gasteiger partial charge on any atom is 0.159 e. The minimum atomic E-state index is -1.08. The highest BCUT2D eigenvalue weighted by atomic mass is 32.2. The summed E-state index contributed by atoms with van der Waals surface area (Å²) < 4.78 is 5.71. The van der Waals surface area contributed by atoms with Crippen molar-refractivity contribution in [2.75, 3.05) is 20.6 Å². The summed E-state index contributed by atoms with van der Waals surface area (Å²) in [7, 11) is 3.41. The van der Waals surface area contributed by atoms with Crippen molar-refractivity contribution in [1.29, 1.82) is 5.26 Å². The largest absolute Gasteiger partial charge is 0.388 e. The topological polar surface area (TPSA) is 101 Å². The number of aliphatic hydroxyl groups excluding tert-OH is 2. The first-order valence-electron chi connectivity index (χ1n) is 5.59. The Morgan fingerprint density at radius 1 is 1.56 bits per heavy atom. The first kappa shape index (κ1) is 13.6. The number of rotatable bonds is 2. The van der Waals surface area contributed by atoms with Gasteiger partial charge in [-0.1, -0.05) is 11.8 Å². The van der Waals surface area contributed by atoms with E-state index in [1.165, 1.54) is 11.8 Å². The van der Waals surface area contributed by atoms with Crippen molar-refractivity contribution in [3.63, 3.8) is 0 Å². The molecule has 0 aromatic carbocycles. The molecule has 2 aliphatic heterocycles. The summed E-state index contributed by atoms with van der Waals surface area (Å²) in [4.78, 5) is 5.82. The highest BCUT2D eigenvalue weighted by Crippen LogP contribution is 2.36. The van der Waals surface area contributed by atoms with Crippen molar-refractivity contribution in [2.45, 2.75) is 29.9 Å². The molecule has 0 amide bonds. The van der Waals surface area contributed by atoms with E-state index in [0.29, 0.717) is 5.17 Å². The average molecular weight is 272 g/mol. The standard InChI is InChI=1S/C10H16N4O3S/c1-12-10-13-5-6(15)7(16)8(14(2)4-3-11)17-9(5)18-10/h5-9,15-16H,4H2,1-2H3,(H,12,13)/t5-,6-,7+,8-,9-/m1/s1. The fourth-order valence-corrected chi connectivity index (χ4v) is 3.08. The lowest BCUT2D eigenvalue weighted by atomic mass is 10.0. The van der Waals surface area contributed by atoms with Gasteiger partial charge in [-0.05, 0) is 7.05 Å². The molecular formula is C10H16N4O3S. The predicted octanol–water partition coefficient (Wildman–Crippen LogP) is -1.46. The number of ether oxygens (including phenoxy) is 1. The molecule has 0 aromatic rings. The normalized spacial score (nSPS) is 39.1. The molecule has 0 saturated carbocycles. The number of hydrogen-bond donors (Lipinski definition) is 3. The van der Waals surface area contributed by atoms with Crippen LogP contribution < -0.4 is 5.32 Å². The van der Waals surface area contributed by atoms with E-state index in [1.54, 1.807) is 19.0 Å². The molecule has 1 saturated heterocycles. The van der Waals surface area contributed by atoms with E-state index in [2.05, 4.69) is 10.3 Å². The van der Waals surface area contributed by atoms with Gasteiger partial charge in [0.2, 0.25) is 0 Å². The quantitative estimate of drug-likeness (QED) is 0.528. The summed E-state index contributed by atoms with van der Waals surface area (Å²) in [5.74, 6) is 0. The zero-order valence-electron chi connectivity index (χ0n) is 10.1. The van der Waals surface area contributed by atoms with Gasteiger partial charge in [-0.3, -0.25) is 9.89 Å². The molecule has 0 unspecified atom stereocenters. The molecule has 7 nitrogen and oxygen atoms in total. The predicted molar refractivity (Wildman–Crippen MR) is 66.8 cm³/mol. The van der Waals surface area contributed by atoms with E-state index < -0.39 is 24.5 Å². The number of fused-ring (bicyclic) bond motifs is 1. The lowest BCUT2D eigenvalue weighted by molar-refractivity contribution is -0.198. The third-order valence-electron chi connectivity index (χ3n) is 3.01. The van der Waals surface area contributed by atoms with Gasteiger partial charge in [0.1, 0.15) is 29.9 Å². The van der Waals surface area contributed by atoms with Crippen molar-refractivity contribution in [1.82, 2.24) is 10.2 Å². The van der Waals surface area contributed by atoms with Crippen LogP contribution in [0, 0.1) is 11.3 Å². The van der Waals surface area contributed by atoms with Crippen LogP contribution in [-0.4, -0.2) is 70.8 Å². The lowest BCUT2D eigenvalue weighted by Crippen LogP contribution is -2.59. The number of nitriles is 1. The number of nitrogens with zero attached hydrogens (tertiary/aromatic N) is 3. The van der Waals surface area contributed by atoms with Crippen LogP contribution in [0.15, 0.2) is 4.99 Å². The van der Waals surface area contributed by atoms with Crippen LogP contribution >= 0.6 is 11.8 Å². The number of aliphatic imine (C=N–C) groups is 1. The highest BCUT2D eigenvalue weighted by Gasteiger charge is 2.49. The van der Waals surface area contributed by atoms with Crippen LogP contribution in [0.4, 0.5) is 0 Å². The van der Waals surface area contributed by atoms with E-state index in [9.17, 15) is 10.2 Å². The third kappa shape index (κ3) is 2.32. The number of thioether (sulfide) groups is 1. The number of likely N-dealkylation sites (N-methyl/N-ethyl adjacent to an activating group) is 1. The minimum Gasteiger partial charge on any atom is -0.388 e. The highest BCUT2D eigenvalue weighted by molar-refractivity contribution is 8.14. The molecule has 5 atom stereocenters. The Morgan fingerprint density at radius 3 is 2.89 bits per heavy atom. The molecule has 0 radical (unpaired) electrons. The van der Waals surface area contributed by atoms with Gasteiger partial charge in [0, 0.05) is 7.05 Å². The maximum atomic E-state index is 10.1. The molecule has 2 heterocycles. The van der Waals surface area contributed by atoms with Crippen LogP contribution in [-0.2, 0) is 4.74 Å². The van der Waals surface area contributed by atoms with E-state index in [-0.39, 0.29) is 12.0 Å². The van der Waals surface area contributed by atoms with Gasteiger partial charge >= 0.3 is 0 Å². The summed E-state index contributed by atoms with van der Waals surface area (Å²) >= 11 is 1.38. The molecule has 0 bridgehead atoms. The van der Waals surface area contributed by atoms with Crippen molar-refractivity contribution in [2.24, 2.45) is 4.99 Å². The second-order valence-electron chi connectivity index (χ2n) is 4.24. The maximum absolute atomic E-state index is 10.1. The second-order valence-corrected chi connectivity index (χ2v) is 5.33. The van der Waals surface area contributed by atoms with Gasteiger partial charge in [0.05, 0.1) is 12.6 Å². The molecule has 0 aromatic heterocycles. The van der Waals surface area contributed by atoms with Crippen LogP contribution in [0.2, 0.25) is 0 Å². The smallest absolute Gasteiger partial charge is 0.159 e. The number of aliphatic hydroxyl groups is 2. The Morgan fingerprint density at radius 2 is 2.28 bits per heavy atom. The molecule has 2 rings (SSSR count). The van der Waals surface area contributed by atoms with Crippen LogP contribution in [0.3, 0.4) is 0 Å². The summed E-state index contributed by atoms with van der Waals surface area (Å²) in [6, 6.07) is 1.51. The fraction of sp³-hybridized carbons (Fsp3) is 0.800. The number of amidine groups is 1. The SMILES string of the molecule is CNC1=N[C@@H]2[C@@H](O)[C@H](O)[C@H](N(C)CC#N)O[C@@H]2S1. The van der Waals surface area contributed by atoms with Gasteiger partial charge < -0.3 is 20.3 Å². The van der Waals surface area contributed by atoms with Crippen LogP contribution in [0.1, 0.15) is 0 Å². The van der Waals surface area contributed by atoms with Gasteiger partial charge in [-0.25, -0.2) is 0 Å². The van der Waals surface area contributed by atoms with Gasteiger partial charge in [-0.15, -0.1) is 0 Å². The second kappa shape index (κ2) is 5.42.